The molecule has 0 spiro atoms. The highest BCUT2D eigenvalue weighted by Crippen LogP contribution is 2.34. The molecule has 0 fully saturated rings. The van der Waals surface area contributed by atoms with Crippen molar-refractivity contribution >= 4 is 5.82 Å². The average Bonchev–Trinajstić information content (AvgIpc) is 2.29. The van der Waals surface area contributed by atoms with E-state index in [0.29, 0.717) is 5.82 Å². The van der Waals surface area contributed by atoms with Crippen molar-refractivity contribution < 1.29 is 4.74 Å². The Bertz CT molecular complexity index is 497. The summed E-state index contributed by atoms with van der Waals surface area (Å²) in [5.41, 5.74) is 8.53. The van der Waals surface area contributed by atoms with Crippen LogP contribution >= 0.6 is 0 Å². The second-order valence-electron chi connectivity index (χ2n) is 3.46. The molecule has 0 radical (unpaired) electrons. The molecular formula is C12H13N3O. The zero-order chi connectivity index (χ0) is 11.5. The third-order valence-electron chi connectivity index (χ3n) is 2.33. The summed E-state index contributed by atoms with van der Waals surface area (Å²) in [4.78, 5) is 8.21. The maximum Gasteiger partial charge on any atom is 0.135 e. The summed E-state index contributed by atoms with van der Waals surface area (Å²) in [6.07, 6.45) is 3.43. The Morgan fingerprint density at radius 1 is 1.25 bits per heavy atom. The highest BCUT2D eigenvalue weighted by molar-refractivity contribution is 5.79. The van der Waals surface area contributed by atoms with Crippen molar-refractivity contribution in [2.24, 2.45) is 0 Å². The molecule has 0 amide bonds. The number of pyridine rings is 2. The van der Waals surface area contributed by atoms with E-state index >= 15 is 0 Å². The van der Waals surface area contributed by atoms with Crippen LogP contribution in [0.5, 0.6) is 5.75 Å². The van der Waals surface area contributed by atoms with E-state index in [4.69, 9.17) is 10.5 Å². The lowest BCUT2D eigenvalue weighted by molar-refractivity contribution is 0.416. The molecule has 16 heavy (non-hydrogen) atoms. The lowest BCUT2D eigenvalue weighted by atomic mass is 10.1. The van der Waals surface area contributed by atoms with E-state index in [1.165, 1.54) is 0 Å². The second-order valence-corrected chi connectivity index (χ2v) is 3.46. The Labute approximate surface area is 94.1 Å². The van der Waals surface area contributed by atoms with Gasteiger partial charge in [0, 0.05) is 24.2 Å². The molecule has 2 heterocycles. The third kappa shape index (κ3) is 1.82. The van der Waals surface area contributed by atoms with Crippen molar-refractivity contribution in [2.75, 3.05) is 12.8 Å². The molecule has 2 rings (SSSR count). The number of aromatic nitrogens is 2. The van der Waals surface area contributed by atoms with Crippen molar-refractivity contribution in [1.29, 1.82) is 0 Å². The molecule has 2 aromatic rings. The van der Waals surface area contributed by atoms with E-state index in [1.807, 2.05) is 25.1 Å². The molecule has 0 aromatic carbocycles. The Morgan fingerprint density at radius 2 is 1.94 bits per heavy atom. The predicted molar refractivity (Wildman–Crippen MR) is 63.2 cm³/mol. The molecule has 0 aliphatic carbocycles. The van der Waals surface area contributed by atoms with Gasteiger partial charge in [0.05, 0.1) is 12.7 Å². The van der Waals surface area contributed by atoms with Crippen molar-refractivity contribution in [3.63, 3.8) is 0 Å². The zero-order valence-corrected chi connectivity index (χ0v) is 9.27. The average molecular weight is 215 g/mol. The maximum absolute atomic E-state index is 5.92. The number of hydrogen-bond acceptors (Lipinski definition) is 4. The largest absolute Gasteiger partial charge is 0.496 e. The second kappa shape index (κ2) is 4.18. The van der Waals surface area contributed by atoms with Gasteiger partial charge in [0.25, 0.3) is 0 Å². The van der Waals surface area contributed by atoms with Crippen LogP contribution in [0.1, 0.15) is 5.69 Å². The summed E-state index contributed by atoms with van der Waals surface area (Å²) in [7, 11) is 1.62. The van der Waals surface area contributed by atoms with Crippen LogP contribution in [0.2, 0.25) is 0 Å². The zero-order valence-electron chi connectivity index (χ0n) is 9.27. The van der Waals surface area contributed by atoms with Gasteiger partial charge in [0.1, 0.15) is 11.6 Å². The van der Waals surface area contributed by atoms with Crippen LogP contribution in [0.4, 0.5) is 5.82 Å². The molecule has 2 aromatic heterocycles. The Morgan fingerprint density at radius 3 is 2.56 bits per heavy atom. The van der Waals surface area contributed by atoms with Gasteiger partial charge < -0.3 is 10.5 Å². The highest BCUT2D eigenvalue weighted by atomic mass is 16.5. The van der Waals surface area contributed by atoms with Gasteiger partial charge in [0.2, 0.25) is 0 Å². The number of methoxy groups -OCH3 is 1. The Kier molecular flexibility index (Phi) is 2.72. The van der Waals surface area contributed by atoms with E-state index in [9.17, 15) is 0 Å². The van der Waals surface area contributed by atoms with Gasteiger partial charge in [0.15, 0.2) is 0 Å². The fourth-order valence-corrected chi connectivity index (χ4v) is 1.64. The smallest absolute Gasteiger partial charge is 0.135 e. The minimum atomic E-state index is 0.475. The lowest BCUT2D eigenvalue weighted by Gasteiger charge is -2.11. The molecule has 0 unspecified atom stereocenters. The van der Waals surface area contributed by atoms with Gasteiger partial charge >= 0.3 is 0 Å². The minimum absolute atomic E-state index is 0.475. The standard InChI is InChI=1S/C12H13N3O/c1-8-7-10(16-2)11(12(13)15-8)9-3-5-14-6-4-9/h3-7H,1-2H3,(H2,13,15). The van der Waals surface area contributed by atoms with Gasteiger partial charge in [-0.3, -0.25) is 4.98 Å². The van der Waals surface area contributed by atoms with Crippen LogP contribution in [0.15, 0.2) is 30.6 Å². The third-order valence-corrected chi connectivity index (χ3v) is 2.33. The summed E-state index contributed by atoms with van der Waals surface area (Å²) in [6.45, 7) is 1.88. The molecule has 0 saturated carbocycles. The number of nitrogen functional groups attached to an aromatic ring is 1. The molecule has 0 saturated heterocycles. The van der Waals surface area contributed by atoms with Crippen molar-refractivity contribution in [3.8, 4) is 16.9 Å². The van der Waals surface area contributed by atoms with Gasteiger partial charge in [-0.25, -0.2) is 4.98 Å². The number of nitrogens with two attached hydrogens (primary N) is 1. The van der Waals surface area contributed by atoms with Crippen LogP contribution in [0, 0.1) is 6.92 Å². The van der Waals surface area contributed by atoms with Crippen molar-refractivity contribution in [1.82, 2.24) is 9.97 Å². The SMILES string of the molecule is COc1cc(C)nc(N)c1-c1ccncc1. The quantitative estimate of drug-likeness (QED) is 0.832. The van der Waals surface area contributed by atoms with Crippen LogP contribution in [-0.4, -0.2) is 17.1 Å². The summed E-state index contributed by atoms with van der Waals surface area (Å²) < 4.78 is 5.32. The molecule has 0 aliphatic rings. The highest BCUT2D eigenvalue weighted by Gasteiger charge is 2.11. The molecule has 82 valence electrons. The van der Waals surface area contributed by atoms with Gasteiger partial charge in [-0.1, -0.05) is 0 Å². The number of aryl methyl sites for hydroxylation is 1. The first kappa shape index (κ1) is 10.4. The first-order chi connectivity index (χ1) is 7.72. The van der Waals surface area contributed by atoms with E-state index in [2.05, 4.69) is 9.97 Å². The maximum atomic E-state index is 5.92. The monoisotopic (exact) mass is 215 g/mol. The normalized spacial score (nSPS) is 10.1. The number of rotatable bonds is 2. The van der Waals surface area contributed by atoms with Crippen LogP contribution in [0.3, 0.4) is 0 Å². The van der Waals surface area contributed by atoms with Crippen LogP contribution in [-0.2, 0) is 0 Å². The Balaban J connectivity index is 2.64. The number of anilines is 1. The van der Waals surface area contributed by atoms with Gasteiger partial charge in [-0.05, 0) is 24.6 Å². The first-order valence-electron chi connectivity index (χ1n) is 4.94. The summed E-state index contributed by atoms with van der Waals surface area (Å²) in [5.74, 6) is 1.21. The first-order valence-corrected chi connectivity index (χ1v) is 4.94. The van der Waals surface area contributed by atoms with E-state index in [1.54, 1.807) is 19.5 Å². The molecule has 4 heteroatoms. The fraction of sp³-hybridized carbons (Fsp3) is 0.167. The van der Waals surface area contributed by atoms with E-state index in [-0.39, 0.29) is 0 Å². The molecule has 2 N–H and O–H groups in total. The molecular weight excluding hydrogens is 202 g/mol. The summed E-state index contributed by atoms with van der Waals surface area (Å²) in [5, 5.41) is 0. The number of nitrogens with zero attached hydrogens (tertiary/aromatic N) is 2. The van der Waals surface area contributed by atoms with E-state index in [0.717, 1.165) is 22.6 Å². The summed E-state index contributed by atoms with van der Waals surface area (Å²) in [6, 6.07) is 5.63. The van der Waals surface area contributed by atoms with Gasteiger partial charge in [-0.2, -0.15) is 0 Å². The summed E-state index contributed by atoms with van der Waals surface area (Å²) >= 11 is 0. The Hall–Kier alpha value is -2.10. The van der Waals surface area contributed by atoms with Crippen LogP contribution < -0.4 is 10.5 Å². The fourth-order valence-electron chi connectivity index (χ4n) is 1.64. The van der Waals surface area contributed by atoms with E-state index < -0.39 is 0 Å². The van der Waals surface area contributed by atoms with Crippen LogP contribution in [0.25, 0.3) is 11.1 Å². The number of ether oxygens (including phenoxy) is 1. The minimum Gasteiger partial charge on any atom is -0.496 e. The molecule has 0 bridgehead atoms. The molecule has 0 atom stereocenters. The van der Waals surface area contributed by atoms with Crippen molar-refractivity contribution in [2.45, 2.75) is 6.92 Å². The molecule has 0 aliphatic heterocycles. The van der Waals surface area contributed by atoms with Crippen molar-refractivity contribution in [3.05, 3.63) is 36.3 Å². The predicted octanol–water partition coefficient (Wildman–Crippen LogP) is 2.04. The lowest BCUT2D eigenvalue weighted by Crippen LogP contribution is -1.99. The van der Waals surface area contributed by atoms with Gasteiger partial charge in [-0.15, -0.1) is 0 Å². The number of hydrogen-bond donors (Lipinski definition) is 1. The molecule has 4 nitrogen and oxygen atoms in total. The topological polar surface area (TPSA) is 61.0 Å².